The second-order valence-electron chi connectivity index (χ2n) is 4.08. The van der Waals surface area contributed by atoms with Crippen LogP contribution in [0.1, 0.15) is 40.0 Å². The molecule has 1 heterocycles. The van der Waals surface area contributed by atoms with Gasteiger partial charge < -0.3 is 0 Å². The first kappa shape index (κ1) is 9.24. The van der Waals surface area contributed by atoms with Gasteiger partial charge in [-0.3, -0.25) is 4.21 Å². The highest BCUT2D eigenvalue weighted by Crippen LogP contribution is 2.32. The maximum Gasteiger partial charge on any atom is 0.0405 e. The predicted octanol–water partition coefficient (Wildman–Crippen LogP) is 2.33. The van der Waals surface area contributed by atoms with E-state index in [1.807, 2.05) is 0 Å². The molecule has 0 bridgehead atoms. The van der Waals surface area contributed by atoms with Crippen molar-refractivity contribution in [2.75, 3.05) is 5.75 Å². The van der Waals surface area contributed by atoms with E-state index in [4.69, 9.17) is 0 Å². The van der Waals surface area contributed by atoms with E-state index in [1.54, 1.807) is 0 Å². The van der Waals surface area contributed by atoms with Crippen molar-refractivity contribution in [2.45, 2.75) is 44.8 Å². The molecule has 0 spiro atoms. The highest BCUT2D eigenvalue weighted by Gasteiger charge is 2.33. The van der Waals surface area contributed by atoms with Gasteiger partial charge in [-0.15, -0.1) is 0 Å². The van der Waals surface area contributed by atoms with Gasteiger partial charge in [-0.05, 0) is 32.6 Å². The van der Waals surface area contributed by atoms with Gasteiger partial charge in [0.05, 0.1) is 0 Å². The summed E-state index contributed by atoms with van der Waals surface area (Å²) in [5.74, 6) is 1.74. The van der Waals surface area contributed by atoms with E-state index < -0.39 is 10.8 Å². The van der Waals surface area contributed by atoms with Crippen LogP contribution in [0.2, 0.25) is 0 Å². The monoisotopic (exact) mass is 174 g/mol. The number of hydrogen-bond acceptors (Lipinski definition) is 1. The lowest BCUT2D eigenvalue weighted by Crippen LogP contribution is -2.36. The van der Waals surface area contributed by atoms with E-state index in [1.165, 1.54) is 12.8 Å². The molecule has 2 heteroatoms. The fourth-order valence-electron chi connectivity index (χ4n) is 1.79. The van der Waals surface area contributed by atoms with Crippen molar-refractivity contribution in [1.29, 1.82) is 0 Å². The number of rotatable bonds is 1. The molecule has 0 aromatic carbocycles. The fraction of sp³-hybridized carbons (Fsp3) is 1.00. The zero-order valence-electron chi connectivity index (χ0n) is 7.72. The van der Waals surface area contributed by atoms with Crippen molar-refractivity contribution < 1.29 is 4.21 Å². The minimum absolute atomic E-state index is 0.0823. The van der Waals surface area contributed by atoms with Crippen molar-refractivity contribution in [3.05, 3.63) is 0 Å². The molecule has 1 aliphatic heterocycles. The smallest absolute Gasteiger partial charge is 0.0405 e. The molecular formula is C9H18OS. The largest absolute Gasteiger partial charge is 0.259 e. The summed E-state index contributed by atoms with van der Waals surface area (Å²) in [6.45, 7) is 6.49. The van der Waals surface area contributed by atoms with Gasteiger partial charge in [0, 0.05) is 21.3 Å². The van der Waals surface area contributed by atoms with Gasteiger partial charge in [-0.25, -0.2) is 0 Å². The molecule has 1 saturated heterocycles. The molecule has 0 N–H and O–H groups in total. The summed E-state index contributed by atoms with van der Waals surface area (Å²) in [5.41, 5.74) is 0. The summed E-state index contributed by atoms with van der Waals surface area (Å²) in [6.07, 6.45) is 3.57. The van der Waals surface area contributed by atoms with Crippen LogP contribution in [0.25, 0.3) is 0 Å². The molecule has 1 nitrogen and oxygen atoms in total. The lowest BCUT2D eigenvalue weighted by Gasteiger charge is -2.33. The fourth-order valence-corrected chi connectivity index (χ4v) is 3.31. The van der Waals surface area contributed by atoms with Crippen LogP contribution in [0.15, 0.2) is 0 Å². The van der Waals surface area contributed by atoms with E-state index in [2.05, 4.69) is 20.8 Å². The van der Waals surface area contributed by atoms with E-state index in [9.17, 15) is 4.21 Å². The van der Waals surface area contributed by atoms with E-state index in [-0.39, 0.29) is 4.75 Å². The first-order chi connectivity index (χ1) is 5.06. The average molecular weight is 174 g/mol. The topological polar surface area (TPSA) is 17.1 Å². The maximum atomic E-state index is 11.5. The highest BCUT2D eigenvalue weighted by atomic mass is 32.2. The Morgan fingerprint density at radius 2 is 2.18 bits per heavy atom. The van der Waals surface area contributed by atoms with E-state index in [0.29, 0.717) is 0 Å². The zero-order valence-corrected chi connectivity index (χ0v) is 8.54. The minimum Gasteiger partial charge on any atom is -0.259 e. The third-order valence-corrected chi connectivity index (χ3v) is 4.69. The first-order valence-corrected chi connectivity index (χ1v) is 5.76. The molecule has 1 rings (SSSR count). The molecule has 0 saturated carbocycles. The second kappa shape index (κ2) is 3.26. The molecular weight excluding hydrogens is 156 g/mol. The van der Waals surface area contributed by atoms with Crippen LogP contribution in [-0.2, 0) is 10.8 Å². The number of hydrogen-bond donors (Lipinski definition) is 0. The summed E-state index contributed by atoms with van der Waals surface area (Å²) in [5, 5.41) is 0. The van der Waals surface area contributed by atoms with E-state index in [0.717, 1.165) is 18.1 Å². The molecule has 0 radical (unpaired) electrons. The van der Waals surface area contributed by atoms with Crippen molar-refractivity contribution in [1.82, 2.24) is 0 Å². The van der Waals surface area contributed by atoms with Crippen LogP contribution >= 0.6 is 0 Å². The van der Waals surface area contributed by atoms with Crippen molar-refractivity contribution in [3.8, 4) is 0 Å². The molecule has 11 heavy (non-hydrogen) atoms. The van der Waals surface area contributed by atoms with Gasteiger partial charge in [0.25, 0.3) is 0 Å². The molecule has 0 amide bonds. The molecule has 0 aliphatic carbocycles. The Kier molecular flexibility index (Phi) is 2.74. The lowest BCUT2D eigenvalue weighted by molar-refractivity contribution is 0.386. The normalized spacial score (nSPS) is 37.0. The summed E-state index contributed by atoms with van der Waals surface area (Å²) in [4.78, 5) is 0. The standard InChI is InChI=1S/C9H18OS/c1-4-8-5-6-11(10)9(2,3)7-8/h8H,4-7H2,1-3H3. The van der Waals surface area contributed by atoms with Gasteiger partial charge in [0.15, 0.2) is 0 Å². The van der Waals surface area contributed by atoms with Crippen LogP contribution in [0, 0.1) is 5.92 Å². The first-order valence-electron chi connectivity index (χ1n) is 4.44. The Morgan fingerprint density at radius 3 is 2.64 bits per heavy atom. The summed E-state index contributed by atoms with van der Waals surface area (Å²) in [7, 11) is -0.573. The Balaban J connectivity index is 2.59. The maximum absolute atomic E-state index is 11.5. The van der Waals surface area contributed by atoms with Gasteiger partial charge >= 0.3 is 0 Å². The lowest BCUT2D eigenvalue weighted by atomic mass is 9.91. The Labute approximate surface area is 72.0 Å². The van der Waals surface area contributed by atoms with Gasteiger partial charge in [-0.1, -0.05) is 13.3 Å². The Bertz CT molecular complexity index is 163. The minimum atomic E-state index is -0.573. The van der Waals surface area contributed by atoms with Gasteiger partial charge in [0.1, 0.15) is 0 Å². The Morgan fingerprint density at radius 1 is 1.55 bits per heavy atom. The van der Waals surface area contributed by atoms with Gasteiger partial charge in [0.2, 0.25) is 0 Å². The van der Waals surface area contributed by atoms with Crippen molar-refractivity contribution in [3.63, 3.8) is 0 Å². The summed E-state index contributed by atoms with van der Waals surface area (Å²) >= 11 is 0. The quantitative estimate of drug-likeness (QED) is 0.596. The van der Waals surface area contributed by atoms with Gasteiger partial charge in [-0.2, -0.15) is 0 Å². The predicted molar refractivity (Wildman–Crippen MR) is 50.1 cm³/mol. The molecule has 2 atom stereocenters. The summed E-state index contributed by atoms with van der Waals surface area (Å²) in [6, 6.07) is 0. The van der Waals surface area contributed by atoms with Crippen LogP contribution in [0.4, 0.5) is 0 Å². The van der Waals surface area contributed by atoms with Crippen LogP contribution in [0.3, 0.4) is 0 Å². The zero-order chi connectivity index (χ0) is 8.48. The highest BCUT2D eigenvalue weighted by molar-refractivity contribution is 7.86. The van der Waals surface area contributed by atoms with Crippen molar-refractivity contribution >= 4 is 10.8 Å². The second-order valence-corrected chi connectivity index (χ2v) is 6.28. The SMILES string of the molecule is CCC1CCS(=O)C(C)(C)C1. The molecule has 0 aromatic heterocycles. The average Bonchev–Trinajstić information content (AvgIpc) is 1.95. The van der Waals surface area contributed by atoms with Crippen LogP contribution in [0.5, 0.6) is 0 Å². The molecule has 1 fully saturated rings. The molecule has 1 aliphatic rings. The third-order valence-electron chi connectivity index (χ3n) is 2.69. The Hall–Kier alpha value is 0.150. The molecule has 2 unspecified atom stereocenters. The van der Waals surface area contributed by atoms with Crippen LogP contribution in [-0.4, -0.2) is 14.7 Å². The molecule has 0 aromatic rings. The van der Waals surface area contributed by atoms with Crippen molar-refractivity contribution in [2.24, 2.45) is 5.92 Å². The molecule has 66 valence electrons. The van der Waals surface area contributed by atoms with E-state index >= 15 is 0 Å². The van der Waals surface area contributed by atoms with Crippen LogP contribution < -0.4 is 0 Å². The summed E-state index contributed by atoms with van der Waals surface area (Å²) < 4.78 is 11.6. The third kappa shape index (κ3) is 2.05.